The molecule has 2 unspecified atom stereocenters. The number of urea groups is 1. The Balaban J connectivity index is 2.24. The van der Waals surface area contributed by atoms with Gasteiger partial charge in [-0.25, -0.2) is 9.78 Å². The standard InChI is InChI=1S/C13H23N3O2S/c1-4-9(3)11(17)7-15-13(18)14-6-10-8-19-12(5-2)16-10/h8-9,11,17H,4-7H2,1-3H3,(H2,14,15,18). The van der Waals surface area contributed by atoms with Gasteiger partial charge in [0.05, 0.1) is 23.4 Å². The topological polar surface area (TPSA) is 74.2 Å². The zero-order valence-corrected chi connectivity index (χ0v) is 12.6. The van der Waals surface area contributed by atoms with E-state index in [9.17, 15) is 9.90 Å². The number of nitrogens with zero attached hydrogens (tertiary/aromatic N) is 1. The second kappa shape index (κ2) is 8.12. The fourth-order valence-corrected chi connectivity index (χ4v) is 2.24. The number of hydrogen-bond acceptors (Lipinski definition) is 4. The van der Waals surface area contributed by atoms with Crippen LogP contribution in [0.15, 0.2) is 5.38 Å². The predicted octanol–water partition coefficient (Wildman–Crippen LogP) is 1.91. The molecule has 1 aromatic heterocycles. The molecule has 6 heteroatoms. The van der Waals surface area contributed by atoms with Crippen LogP contribution in [-0.4, -0.2) is 28.8 Å². The van der Waals surface area contributed by atoms with Crippen LogP contribution >= 0.6 is 11.3 Å². The van der Waals surface area contributed by atoms with E-state index in [1.54, 1.807) is 11.3 Å². The molecule has 1 heterocycles. The Morgan fingerprint density at radius 3 is 2.79 bits per heavy atom. The SMILES string of the molecule is CCc1nc(CNC(=O)NCC(O)C(C)CC)cs1. The molecule has 1 aromatic rings. The van der Waals surface area contributed by atoms with Crippen molar-refractivity contribution in [1.82, 2.24) is 15.6 Å². The Labute approximate surface area is 118 Å². The number of thiazole rings is 1. The number of nitrogens with one attached hydrogen (secondary N) is 2. The molecular weight excluding hydrogens is 262 g/mol. The van der Waals surface area contributed by atoms with Crippen molar-refractivity contribution in [3.05, 3.63) is 16.1 Å². The highest BCUT2D eigenvalue weighted by molar-refractivity contribution is 7.09. The summed E-state index contributed by atoms with van der Waals surface area (Å²) in [5.41, 5.74) is 0.875. The number of aromatic nitrogens is 1. The van der Waals surface area contributed by atoms with Gasteiger partial charge in [-0.2, -0.15) is 0 Å². The monoisotopic (exact) mass is 285 g/mol. The summed E-state index contributed by atoms with van der Waals surface area (Å²) in [7, 11) is 0. The van der Waals surface area contributed by atoms with Crippen molar-refractivity contribution in [1.29, 1.82) is 0 Å². The second-order valence-electron chi connectivity index (χ2n) is 4.60. The van der Waals surface area contributed by atoms with E-state index in [0.29, 0.717) is 6.54 Å². The maximum atomic E-state index is 11.6. The molecule has 2 amide bonds. The Morgan fingerprint density at radius 2 is 2.21 bits per heavy atom. The lowest BCUT2D eigenvalue weighted by Gasteiger charge is -2.17. The lowest BCUT2D eigenvalue weighted by atomic mass is 10.0. The minimum atomic E-state index is -0.498. The maximum Gasteiger partial charge on any atom is 0.315 e. The molecule has 0 aliphatic heterocycles. The van der Waals surface area contributed by atoms with Gasteiger partial charge in [0.25, 0.3) is 0 Å². The summed E-state index contributed by atoms with van der Waals surface area (Å²) < 4.78 is 0. The van der Waals surface area contributed by atoms with Crippen molar-refractivity contribution in [2.45, 2.75) is 46.3 Å². The third kappa shape index (κ3) is 5.57. The molecule has 0 saturated heterocycles. The molecule has 0 bridgehead atoms. The van der Waals surface area contributed by atoms with Crippen molar-refractivity contribution in [3.63, 3.8) is 0 Å². The Bertz CT molecular complexity index is 395. The highest BCUT2D eigenvalue weighted by atomic mass is 32.1. The Morgan fingerprint density at radius 1 is 1.47 bits per heavy atom. The molecule has 2 atom stereocenters. The normalized spacial score (nSPS) is 13.9. The van der Waals surface area contributed by atoms with E-state index in [1.165, 1.54) is 0 Å². The van der Waals surface area contributed by atoms with Gasteiger partial charge in [-0.1, -0.05) is 27.2 Å². The van der Waals surface area contributed by atoms with Crippen molar-refractivity contribution in [2.75, 3.05) is 6.54 Å². The van der Waals surface area contributed by atoms with Gasteiger partial charge in [0.15, 0.2) is 0 Å². The van der Waals surface area contributed by atoms with Gasteiger partial charge in [-0.05, 0) is 12.3 Å². The fraction of sp³-hybridized carbons (Fsp3) is 0.692. The van der Waals surface area contributed by atoms with Gasteiger partial charge < -0.3 is 15.7 Å². The van der Waals surface area contributed by atoms with Crippen LogP contribution in [0.3, 0.4) is 0 Å². The van der Waals surface area contributed by atoms with E-state index in [4.69, 9.17) is 0 Å². The van der Waals surface area contributed by atoms with Crippen LogP contribution < -0.4 is 10.6 Å². The highest BCUT2D eigenvalue weighted by Gasteiger charge is 2.13. The molecule has 1 rings (SSSR count). The molecule has 0 aliphatic rings. The van der Waals surface area contributed by atoms with Gasteiger partial charge in [0, 0.05) is 11.9 Å². The first-order valence-electron chi connectivity index (χ1n) is 6.69. The average molecular weight is 285 g/mol. The lowest BCUT2D eigenvalue weighted by molar-refractivity contribution is 0.114. The largest absolute Gasteiger partial charge is 0.391 e. The molecular formula is C13H23N3O2S. The molecule has 19 heavy (non-hydrogen) atoms. The van der Waals surface area contributed by atoms with E-state index in [2.05, 4.69) is 22.5 Å². The molecule has 108 valence electrons. The van der Waals surface area contributed by atoms with Crippen LogP contribution in [0.2, 0.25) is 0 Å². The van der Waals surface area contributed by atoms with Crippen molar-refractivity contribution in [2.24, 2.45) is 5.92 Å². The predicted molar refractivity (Wildman–Crippen MR) is 77.2 cm³/mol. The number of carbonyl (C=O) groups excluding carboxylic acids is 1. The van der Waals surface area contributed by atoms with Crippen LogP contribution in [0, 0.1) is 5.92 Å². The van der Waals surface area contributed by atoms with Gasteiger partial charge in [-0.3, -0.25) is 0 Å². The van der Waals surface area contributed by atoms with E-state index >= 15 is 0 Å². The first-order valence-corrected chi connectivity index (χ1v) is 7.57. The number of carbonyl (C=O) groups is 1. The first kappa shape index (κ1) is 15.9. The van der Waals surface area contributed by atoms with Gasteiger partial charge >= 0.3 is 6.03 Å². The smallest absolute Gasteiger partial charge is 0.315 e. The third-order valence-corrected chi connectivity index (χ3v) is 4.15. The molecule has 5 nitrogen and oxygen atoms in total. The van der Waals surface area contributed by atoms with Crippen molar-refractivity contribution < 1.29 is 9.90 Å². The molecule has 0 spiro atoms. The number of aryl methyl sites for hydroxylation is 1. The van der Waals surface area contributed by atoms with Crippen LogP contribution in [0.4, 0.5) is 4.79 Å². The Kier molecular flexibility index (Phi) is 6.80. The molecule has 0 aromatic carbocycles. The average Bonchev–Trinajstić information content (AvgIpc) is 2.89. The molecule has 0 fully saturated rings. The minimum Gasteiger partial charge on any atom is -0.391 e. The van der Waals surface area contributed by atoms with Gasteiger partial charge in [0.1, 0.15) is 0 Å². The maximum absolute atomic E-state index is 11.6. The first-order chi connectivity index (χ1) is 9.06. The quantitative estimate of drug-likeness (QED) is 0.716. The lowest BCUT2D eigenvalue weighted by Crippen LogP contribution is -2.41. The van der Waals surface area contributed by atoms with Crippen LogP contribution in [0.5, 0.6) is 0 Å². The number of hydrogen-bond donors (Lipinski definition) is 3. The number of aliphatic hydroxyl groups excluding tert-OH is 1. The summed E-state index contributed by atoms with van der Waals surface area (Å²) >= 11 is 1.60. The zero-order valence-electron chi connectivity index (χ0n) is 11.8. The van der Waals surface area contributed by atoms with Gasteiger partial charge in [-0.15, -0.1) is 11.3 Å². The van der Waals surface area contributed by atoms with E-state index < -0.39 is 6.10 Å². The van der Waals surface area contributed by atoms with E-state index in [1.807, 2.05) is 19.2 Å². The summed E-state index contributed by atoms with van der Waals surface area (Å²) in [4.78, 5) is 15.9. The molecule has 0 radical (unpaired) electrons. The van der Waals surface area contributed by atoms with E-state index in [-0.39, 0.29) is 18.5 Å². The summed E-state index contributed by atoms with van der Waals surface area (Å²) in [6.07, 6.45) is 1.31. The summed E-state index contributed by atoms with van der Waals surface area (Å²) in [6, 6.07) is -0.270. The van der Waals surface area contributed by atoms with Crippen LogP contribution in [-0.2, 0) is 13.0 Å². The second-order valence-corrected chi connectivity index (χ2v) is 5.55. The number of aliphatic hydroxyl groups is 1. The summed E-state index contributed by atoms with van der Waals surface area (Å²) in [6.45, 7) is 6.73. The fourth-order valence-electron chi connectivity index (χ4n) is 1.50. The third-order valence-electron chi connectivity index (χ3n) is 3.10. The van der Waals surface area contributed by atoms with Crippen molar-refractivity contribution in [3.8, 4) is 0 Å². The minimum absolute atomic E-state index is 0.186. The van der Waals surface area contributed by atoms with Crippen molar-refractivity contribution >= 4 is 17.4 Å². The molecule has 3 N–H and O–H groups in total. The van der Waals surface area contributed by atoms with Crippen LogP contribution in [0.1, 0.15) is 37.9 Å². The molecule has 0 aliphatic carbocycles. The summed E-state index contributed by atoms with van der Waals surface area (Å²) in [5.74, 6) is 0.186. The molecule has 0 saturated carbocycles. The highest BCUT2D eigenvalue weighted by Crippen LogP contribution is 2.09. The zero-order chi connectivity index (χ0) is 14.3. The van der Waals surface area contributed by atoms with Gasteiger partial charge in [0.2, 0.25) is 0 Å². The summed E-state index contributed by atoms with van der Waals surface area (Å²) in [5, 5.41) is 18.2. The number of rotatable bonds is 7. The van der Waals surface area contributed by atoms with Crippen LogP contribution in [0.25, 0.3) is 0 Å². The Hall–Kier alpha value is -1.14. The van der Waals surface area contributed by atoms with E-state index in [0.717, 1.165) is 23.5 Å². The number of amides is 2.